The van der Waals surface area contributed by atoms with Crippen molar-refractivity contribution in [3.63, 3.8) is 0 Å². The molecule has 1 rings (SSSR count). The molecule has 1 aromatic rings. The van der Waals surface area contributed by atoms with Crippen LogP contribution in [0.1, 0.15) is 23.7 Å². The lowest BCUT2D eigenvalue weighted by Gasteiger charge is -2.14. The van der Waals surface area contributed by atoms with E-state index in [1.54, 1.807) is 6.26 Å². The van der Waals surface area contributed by atoms with Gasteiger partial charge < -0.3 is 10.4 Å². The van der Waals surface area contributed by atoms with Crippen molar-refractivity contribution in [1.82, 2.24) is 0 Å². The van der Waals surface area contributed by atoms with Crippen molar-refractivity contribution >= 4 is 22.5 Å². The van der Waals surface area contributed by atoms with E-state index in [0.29, 0.717) is 17.9 Å². The van der Waals surface area contributed by atoms with Crippen LogP contribution in [-0.4, -0.2) is 33.3 Å². The maximum atomic E-state index is 13.4. The third-order valence-electron chi connectivity index (χ3n) is 2.45. The summed E-state index contributed by atoms with van der Waals surface area (Å²) in [4.78, 5) is 10.6. The van der Waals surface area contributed by atoms with E-state index in [1.165, 1.54) is 12.1 Å². The van der Waals surface area contributed by atoms with Crippen LogP contribution in [0.5, 0.6) is 0 Å². The van der Waals surface area contributed by atoms with Gasteiger partial charge in [0.05, 0.1) is 5.56 Å². The molecule has 0 aliphatic heterocycles. The summed E-state index contributed by atoms with van der Waals surface area (Å²) in [5.41, 5.74) is 0.176. The molecule has 4 nitrogen and oxygen atoms in total. The normalized spacial score (nSPS) is 13.9. The monoisotopic (exact) mass is 273 g/mol. The van der Waals surface area contributed by atoms with Gasteiger partial charge in [-0.2, -0.15) is 0 Å². The second kappa shape index (κ2) is 6.49. The Bertz CT molecular complexity index is 465. The summed E-state index contributed by atoms with van der Waals surface area (Å²) < 4.78 is 24.3. The molecule has 6 heteroatoms. The van der Waals surface area contributed by atoms with Crippen molar-refractivity contribution < 1.29 is 18.5 Å². The van der Waals surface area contributed by atoms with E-state index in [2.05, 4.69) is 5.32 Å². The Hall–Kier alpha value is -1.43. The summed E-state index contributed by atoms with van der Waals surface area (Å²) >= 11 is 0. The van der Waals surface area contributed by atoms with Gasteiger partial charge in [0, 0.05) is 34.5 Å². The minimum Gasteiger partial charge on any atom is -0.478 e. The van der Waals surface area contributed by atoms with Crippen molar-refractivity contribution in [2.24, 2.45) is 0 Å². The van der Waals surface area contributed by atoms with Crippen LogP contribution in [0.3, 0.4) is 0 Å². The molecular weight excluding hydrogens is 257 g/mol. The summed E-state index contributed by atoms with van der Waals surface area (Å²) in [5, 5.41) is 11.7. The summed E-state index contributed by atoms with van der Waals surface area (Å²) in [6, 6.07) is 3.95. The fourth-order valence-electron chi connectivity index (χ4n) is 1.48. The maximum absolute atomic E-state index is 13.4. The Morgan fingerprint density at radius 2 is 2.22 bits per heavy atom. The molecule has 0 saturated carbocycles. The lowest BCUT2D eigenvalue weighted by atomic mass is 10.1. The van der Waals surface area contributed by atoms with Crippen LogP contribution >= 0.6 is 0 Å². The van der Waals surface area contributed by atoms with E-state index in [9.17, 15) is 13.4 Å². The van der Waals surface area contributed by atoms with Gasteiger partial charge in [0.15, 0.2) is 0 Å². The molecule has 1 aromatic carbocycles. The Morgan fingerprint density at radius 3 is 2.72 bits per heavy atom. The number of rotatable bonds is 6. The molecule has 0 aliphatic rings. The van der Waals surface area contributed by atoms with E-state index in [-0.39, 0.29) is 11.6 Å². The number of hydrogen-bond donors (Lipinski definition) is 2. The van der Waals surface area contributed by atoms with E-state index in [4.69, 9.17) is 5.11 Å². The van der Waals surface area contributed by atoms with Gasteiger partial charge in [0.1, 0.15) is 5.82 Å². The van der Waals surface area contributed by atoms with Gasteiger partial charge in [0.25, 0.3) is 0 Å². The number of aromatic carboxylic acids is 1. The Kier molecular flexibility index (Phi) is 5.27. The third-order valence-corrected chi connectivity index (χ3v) is 3.26. The van der Waals surface area contributed by atoms with E-state index in [0.717, 1.165) is 6.07 Å². The number of carboxylic acids is 1. The van der Waals surface area contributed by atoms with Crippen molar-refractivity contribution in [3.8, 4) is 0 Å². The molecule has 0 spiro atoms. The SMILES string of the molecule is CC(CCS(C)=O)Nc1ccc(C(=O)O)c(F)c1. The summed E-state index contributed by atoms with van der Waals surface area (Å²) in [7, 11) is -0.850. The Labute approximate surface area is 108 Å². The zero-order valence-corrected chi connectivity index (χ0v) is 11.1. The van der Waals surface area contributed by atoms with Crippen LogP contribution in [-0.2, 0) is 10.8 Å². The molecule has 0 saturated heterocycles. The quantitative estimate of drug-likeness (QED) is 0.833. The maximum Gasteiger partial charge on any atom is 0.338 e. The Morgan fingerprint density at radius 1 is 1.56 bits per heavy atom. The zero-order chi connectivity index (χ0) is 13.7. The minimum atomic E-state index is -1.28. The second-order valence-electron chi connectivity index (χ2n) is 4.11. The highest BCUT2D eigenvalue weighted by atomic mass is 32.2. The molecule has 0 bridgehead atoms. The first-order valence-electron chi connectivity index (χ1n) is 5.49. The zero-order valence-electron chi connectivity index (χ0n) is 10.3. The van der Waals surface area contributed by atoms with Crippen molar-refractivity contribution in [3.05, 3.63) is 29.6 Å². The fourth-order valence-corrected chi connectivity index (χ4v) is 2.16. The van der Waals surface area contributed by atoms with Crippen LogP contribution in [0.15, 0.2) is 18.2 Å². The first-order valence-corrected chi connectivity index (χ1v) is 7.22. The van der Waals surface area contributed by atoms with Crippen molar-refractivity contribution in [1.29, 1.82) is 0 Å². The van der Waals surface area contributed by atoms with Crippen LogP contribution < -0.4 is 5.32 Å². The molecule has 100 valence electrons. The van der Waals surface area contributed by atoms with Crippen molar-refractivity contribution in [2.75, 3.05) is 17.3 Å². The van der Waals surface area contributed by atoms with Crippen LogP contribution in [0.2, 0.25) is 0 Å². The predicted octanol–water partition coefficient (Wildman–Crippen LogP) is 2.09. The third kappa shape index (κ3) is 4.44. The van der Waals surface area contributed by atoms with Gasteiger partial charge in [-0.3, -0.25) is 4.21 Å². The number of anilines is 1. The van der Waals surface area contributed by atoms with E-state index >= 15 is 0 Å². The van der Waals surface area contributed by atoms with Gasteiger partial charge in [-0.15, -0.1) is 0 Å². The fraction of sp³-hybridized carbons (Fsp3) is 0.417. The van der Waals surface area contributed by atoms with Gasteiger partial charge in [-0.1, -0.05) is 0 Å². The molecule has 2 N–H and O–H groups in total. The summed E-state index contributed by atoms with van der Waals surface area (Å²) in [6.45, 7) is 1.90. The lowest BCUT2D eigenvalue weighted by Crippen LogP contribution is -2.18. The molecular formula is C12H16FNO3S. The molecule has 18 heavy (non-hydrogen) atoms. The standard InChI is InChI=1S/C12H16FNO3S/c1-8(5-6-18(2)17)14-9-3-4-10(12(15)16)11(13)7-9/h3-4,7-8,14H,5-6H2,1-2H3,(H,15,16). The van der Waals surface area contributed by atoms with E-state index in [1.807, 2.05) is 6.92 Å². The summed E-state index contributed by atoms with van der Waals surface area (Å²) in [5.74, 6) is -1.48. The number of nitrogens with one attached hydrogen (secondary N) is 1. The van der Waals surface area contributed by atoms with Gasteiger partial charge in [0.2, 0.25) is 0 Å². The average Bonchev–Trinajstić information content (AvgIpc) is 2.26. The van der Waals surface area contributed by atoms with Gasteiger partial charge in [-0.05, 0) is 31.5 Å². The van der Waals surface area contributed by atoms with Crippen molar-refractivity contribution in [2.45, 2.75) is 19.4 Å². The largest absolute Gasteiger partial charge is 0.478 e. The molecule has 2 atom stereocenters. The minimum absolute atomic E-state index is 0.0454. The molecule has 0 radical (unpaired) electrons. The number of hydrogen-bond acceptors (Lipinski definition) is 3. The number of benzene rings is 1. The molecule has 0 amide bonds. The predicted molar refractivity (Wildman–Crippen MR) is 70.0 cm³/mol. The van der Waals surface area contributed by atoms with E-state index < -0.39 is 22.6 Å². The molecule has 0 fully saturated rings. The average molecular weight is 273 g/mol. The number of carbonyl (C=O) groups is 1. The highest BCUT2D eigenvalue weighted by Crippen LogP contribution is 2.16. The number of halogens is 1. The van der Waals surface area contributed by atoms with Gasteiger partial charge >= 0.3 is 5.97 Å². The second-order valence-corrected chi connectivity index (χ2v) is 5.67. The first kappa shape index (κ1) is 14.6. The smallest absolute Gasteiger partial charge is 0.338 e. The topological polar surface area (TPSA) is 66.4 Å². The van der Waals surface area contributed by atoms with Crippen LogP contribution in [0.25, 0.3) is 0 Å². The molecule has 0 aliphatic carbocycles. The van der Waals surface area contributed by atoms with Crippen LogP contribution in [0, 0.1) is 5.82 Å². The highest BCUT2D eigenvalue weighted by Gasteiger charge is 2.11. The number of carboxylic acid groups (broad SMARTS) is 1. The lowest BCUT2D eigenvalue weighted by molar-refractivity contribution is 0.0692. The molecule has 2 unspecified atom stereocenters. The molecule has 0 aromatic heterocycles. The first-order chi connectivity index (χ1) is 8.40. The highest BCUT2D eigenvalue weighted by molar-refractivity contribution is 7.84. The van der Waals surface area contributed by atoms with Crippen LogP contribution in [0.4, 0.5) is 10.1 Å². The Balaban J connectivity index is 2.65. The summed E-state index contributed by atoms with van der Waals surface area (Å²) in [6.07, 6.45) is 2.33. The molecule has 0 heterocycles. The van der Waals surface area contributed by atoms with Gasteiger partial charge in [-0.25, -0.2) is 9.18 Å².